The van der Waals surface area contributed by atoms with Crippen LogP contribution in [0.3, 0.4) is 0 Å². The van der Waals surface area contributed by atoms with Gasteiger partial charge in [-0.05, 0) is 20.3 Å². The van der Waals surface area contributed by atoms with Crippen LogP contribution in [-0.4, -0.2) is 36.4 Å². The molecule has 0 bridgehead atoms. The van der Waals surface area contributed by atoms with E-state index in [1.54, 1.807) is 0 Å². The van der Waals surface area contributed by atoms with Crippen LogP contribution in [0.4, 0.5) is 8.78 Å². The van der Waals surface area contributed by atoms with Crippen molar-refractivity contribution in [3.8, 4) is 0 Å². The summed E-state index contributed by atoms with van der Waals surface area (Å²) in [6.07, 6.45) is -2.89. The fourth-order valence-electron chi connectivity index (χ4n) is 1.60. The third-order valence-corrected chi connectivity index (χ3v) is 4.56. The van der Waals surface area contributed by atoms with Crippen molar-refractivity contribution in [2.75, 3.05) is 13.2 Å². The molecule has 1 N–H and O–H groups in total. The average Bonchev–Trinajstić information content (AvgIpc) is 2.66. The zero-order valence-electron chi connectivity index (χ0n) is 9.77. The molecule has 102 valence electrons. The van der Waals surface area contributed by atoms with Gasteiger partial charge in [0, 0.05) is 6.42 Å². The topological polar surface area (TPSA) is 65.0 Å². The first-order valence-electron chi connectivity index (χ1n) is 5.48. The number of rotatable bonds is 6. The van der Waals surface area contributed by atoms with Gasteiger partial charge in [-0.1, -0.05) is 0 Å². The van der Waals surface area contributed by atoms with Gasteiger partial charge in [-0.2, -0.15) is 8.78 Å². The Labute approximate surface area is 98.6 Å². The van der Waals surface area contributed by atoms with Gasteiger partial charge in [0.25, 0.3) is 0 Å². The summed E-state index contributed by atoms with van der Waals surface area (Å²) in [6.45, 7) is 2.60. The zero-order chi connectivity index (χ0) is 13.1. The molecule has 0 aromatic rings. The monoisotopic (exact) mass is 274 g/mol. The van der Waals surface area contributed by atoms with E-state index in [0.717, 1.165) is 0 Å². The Hall–Kier alpha value is -0.0700. The molecule has 0 radical (unpaired) electrons. The normalized spacial score (nSPS) is 26.4. The zero-order valence-corrected chi connectivity index (χ0v) is 10.7. The summed E-state index contributed by atoms with van der Waals surface area (Å²) in [6, 6.07) is 0. The van der Waals surface area contributed by atoms with Gasteiger partial charge >= 0.3 is 13.3 Å². The van der Waals surface area contributed by atoms with E-state index in [9.17, 15) is 13.3 Å². The second-order valence-electron chi connectivity index (χ2n) is 3.58. The molecule has 1 fully saturated rings. The van der Waals surface area contributed by atoms with Crippen LogP contribution in [0.2, 0.25) is 0 Å². The minimum absolute atomic E-state index is 0.0819. The quantitative estimate of drug-likeness (QED) is 0.753. The smallest absolute Gasteiger partial charge is 0.368 e. The van der Waals surface area contributed by atoms with E-state index in [0.29, 0.717) is 0 Å². The predicted octanol–water partition coefficient (Wildman–Crippen LogP) is 2.34. The highest BCUT2D eigenvalue weighted by Crippen LogP contribution is 2.64. The molecule has 0 spiro atoms. The number of hydrogen-bond acceptors (Lipinski definition) is 5. The number of aliphatic hydroxyl groups excluding tert-OH is 1. The van der Waals surface area contributed by atoms with E-state index >= 15 is 0 Å². The molecule has 17 heavy (non-hydrogen) atoms. The lowest BCUT2D eigenvalue weighted by atomic mass is 10.2. The summed E-state index contributed by atoms with van der Waals surface area (Å²) < 4.78 is 53.8. The Morgan fingerprint density at radius 3 is 2.24 bits per heavy atom. The van der Waals surface area contributed by atoms with Gasteiger partial charge in [0.05, 0.1) is 13.2 Å². The summed E-state index contributed by atoms with van der Waals surface area (Å²) in [5, 5.41) is 9.06. The van der Waals surface area contributed by atoms with Crippen molar-refractivity contribution in [1.29, 1.82) is 0 Å². The van der Waals surface area contributed by atoms with Crippen molar-refractivity contribution in [3.05, 3.63) is 0 Å². The molecule has 1 heterocycles. The fourth-order valence-corrected chi connectivity index (χ4v) is 3.24. The molecular formula is C9H17F2O5P. The maximum atomic E-state index is 14.0. The van der Waals surface area contributed by atoms with Crippen molar-refractivity contribution in [2.24, 2.45) is 0 Å². The van der Waals surface area contributed by atoms with Crippen LogP contribution in [0.1, 0.15) is 26.7 Å². The second-order valence-corrected chi connectivity index (χ2v) is 5.69. The van der Waals surface area contributed by atoms with E-state index in [-0.39, 0.29) is 26.1 Å². The Kier molecular flexibility index (Phi) is 5.04. The minimum Gasteiger partial charge on any atom is -0.368 e. The molecule has 5 nitrogen and oxygen atoms in total. The summed E-state index contributed by atoms with van der Waals surface area (Å²) >= 11 is 0. The van der Waals surface area contributed by atoms with Crippen LogP contribution in [0.25, 0.3) is 0 Å². The number of ether oxygens (including phenoxy) is 1. The molecule has 1 aliphatic heterocycles. The molecule has 2 atom stereocenters. The molecule has 1 rings (SSSR count). The van der Waals surface area contributed by atoms with Crippen molar-refractivity contribution < 1.29 is 32.2 Å². The highest BCUT2D eigenvalue weighted by molar-refractivity contribution is 7.55. The highest BCUT2D eigenvalue weighted by atomic mass is 31.2. The van der Waals surface area contributed by atoms with Gasteiger partial charge in [0.1, 0.15) is 6.10 Å². The summed E-state index contributed by atoms with van der Waals surface area (Å²) in [7, 11) is -4.57. The van der Waals surface area contributed by atoms with Crippen molar-refractivity contribution >= 4 is 7.60 Å². The Morgan fingerprint density at radius 2 is 1.88 bits per heavy atom. The van der Waals surface area contributed by atoms with Crippen LogP contribution in [0.15, 0.2) is 0 Å². The number of hydrogen-bond donors (Lipinski definition) is 1. The minimum atomic E-state index is -4.57. The molecule has 0 aromatic heterocycles. The maximum Gasteiger partial charge on any atom is 0.402 e. The fraction of sp³-hybridized carbons (Fsp3) is 1.00. The summed E-state index contributed by atoms with van der Waals surface area (Å²) in [5.74, 6) is 0. The molecule has 0 saturated carbocycles. The number of aliphatic hydroxyl groups is 1. The average molecular weight is 274 g/mol. The molecule has 0 aromatic carbocycles. The maximum absolute atomic E-state index is 14.0. The van der Waals surface area contributed by atoms with E-state index in [2.05, 4.69) is 13.8 Å². The van der Waals surface area contributed by atoms with Crippen LogP contribution < -0.4 is 0 Å². The Bertz CT molecular complexity index is 289. The molecule has 0 aliphatic carbocycles. The Morgan fingerprint density at radius 1 is 1.35 bits per heavy atom. The third kappa shape index (κ3) is 3.03. The van der Waals surface area contributed by atoms with Crippen LogP contribution in [0.5, 0.6) is 0 Å². The van der Waals surface area contributed by atoms with Gasteiger partial charge in [-0.15, -0.1) is 0 Å². The van der Waals surface area contributed by atoms with Crippen molar-refractivity contribution in [1.82, 2.24) is 0 Å². The van der Waals surface area contributed by atoms with E-state index in [1.807, 2.05) is 0 Å². The molecule has 1 saturated heterocycles. The van der Waals surface area contributed by atoms with Gasteiger partial charge in [0.15, 0.2) is 6.29 Å². The van der Waals surface area contributed by atoms with E-state index in [1.165, 1.54) is 13.8 Å². The largest absolute Gasteiger partial charge is 0.402 e. The van der Waals surface area contributed by atoms with Gasteiger partial charge < -0.3 is 18.9 Å². The van der Waals surface area contributed by atoms with Crippen LogP contribution >= 0.6 is 7.60 Å². The predicted molar refractivity (Wildman–Crippen MR) is 55.9 cm³/mol. The van der Waals surface area contributed by atoms with Gasteiger partial charge in [-0.25, -0.2) is 0 Å². The number of alkyl halides is 2. The lowest BCUT2D eigenvalue weighted by Crippen LogP contribution is -2.35. The molecular weight excluding hydrogens is 257 g/mol. The van der Waals surface area contributed by atoms with Gasteiger partial charge in [-0.3, -0.25) is 4.57 Å². The summed E-state index contributed by atoms with van der Waals surface area (Å²) in [4.78, 5) is 0. The van der Waals surface area contributed by atoms with Gasteiger partial charge in [0.2, 0.25) is 0 Å². The molecule has 1 aliphatic rings. The first-order chi connectivity index (χ1) is 7.87. The highest BCUT2D eigenvalue weighted by Gasteiger charge is 2.61. The standard InChI is InChI=1S/C9H17F2O5P/c1-3-14-17(13,15-4-2)9(10,11)7-5-6-8(12)16-7/h7-8,12H,3-6H2,1-2H3/t7-,8-/m0/s1. The first-order valence-corrected chi connectivity index (χ1v) is 7.02. The van der Waals surface area contributed by atoms with Crippen LogP contribution in [-0.2, 0) is 18.3 Å². The van der Waals surface area contributed by atoms with E-state index < -0.39 is 25.7 Å². The van der Waals surface area contributed by atoms with Crippen molar-refractivity contribution in [3.63, 3.8) is 0 Å². The lowest BCUT2D eigenvalue weighted by molar-refractivity contribution is -0.150. The molecule has 8 heteroatoms. The van der Waals surface area contributed by atoms with Crippen molar-refractivity contribution in [2.45, 2.75) is 44.7 Å². The third-order valence-electron chi connectivity index (χ3n) is 2.35. The SMILES string of the molecule is CCOP(=O)(OCC)C(F)(F)[C@@H]1CC[C@@H](O)O1. The Balaban J connectivity index is 2.87. The molecule has 0 amide bonds. The number of halogens is 2. The lowest BCUT2D eigenvalue weighted by Gasteiger charge is -2.29. The van der Waals surface area contributed by atoms with Crippen LogP contribution in [0, 0.1) is 0 Å². The molecule has 0 unspecified atom stereocenters. The summed E-state index contributed by atoms with van der Waals surface area (Å²) in [5.41, 5.74) is -3.75. The first kappa shape index (κ1) is 15.0. The second kappa shape index (κ2) is 5.71. The van der Waals surface area contributed by atoms with E-state index in [4.69, 9.17) is 5.11 Å².